The second-order valence-electron chi connectivity index (χ2n) is 7.22. The average molecular weight is 488 g/mol. The minimum Gasteiger partial charge on any atom is -0.429 e. The number of likely N-dealkylation sites (N-methyl/N-ethyl adjacent to an activating group) is 1. The summed E-state index contributed by atoms with van der Waals surface area (Å²) in [6.45, 7) is 2.29. The molecule has 0 spiro atoms. The SMILES string of the molecule is CCN1CCN(C(=O)NC(C(=O)Cl)c2ccc(OC(=O)OCc3ccccc3)cc2)C(=O)C1=O. The first-order valence-electron chi connectivity index (χ1n) is 10.4. The maximum atomic E-state index is 12.6. The van der Waals surface area contributed by atoms with Gasteiger partial charge < -0.3 is 19.7 Å². The smallest absolute Gasteiger partial charge is 0.429 e. The van der Waals surface area contributed by atoms with Gasteiger partial charge in [-0.1, -0.05) is 42.5 Å². The molecule has 3 rings (SSSR count). The highest BCUT2D eigenvalue weighted by atomic mass is 35.5. The van der Waals surface area contributed by atoms with Crippen molar-refractivity contribution >= 4 is 40.8 Å². The molecule has 1 unspecified atom stereocenters. The van der Waals surface area contributed by atoms with Crippen LogP contribution < -0.4 is 10.1 Å². The monoisotopic (exact) mass is 487 g/mol. The Morgan fingerprint density at radius 3 is 2.29 bits per heavy atom. The first-order chi connectivity index (χ1) is 16.3. The highest BCUT2D eigenvalue weighted by Gasteiger charge is 2.36. The second-order valence-corrected chi connectivity index (χ2v) is 7.60. The third-order valence-electron chi connectivity index (χ3n) is 5.04. The Kier molecular flexibility index (Phi) is 8.20. The number of piperazine rings is 1. The lowest BCUT2D eigenvalue weighted by Crippen LogP contribution is -2.58. The Balaban J connectivity index is 1.60. The van der Waals surface area contributed by atoms with Gasteiger partial charge in [-0.15, -0.1) is 0 Å². The Hall–Kier alpha value is -3.92. The fraction of sp³-hybridized carbons (Fsp3) is 0.261. The minimum absolute atomic E-state index is 0.00862. The van der Waals surface area contributed by atoms with Crippen LogP contribution in [0.1, 0.15) is 24.1 Å². The van der Waals surface area contributed by atoms with Crippen molar-refractivity contribution < 1.29 is 33.4 Å². The number of amides is 4. The van der Waals surface area contributed by atoms with Crippen molar-refractivity contribution in [1.82, 2.24) is 15.1 Å². The molecule has 1 atom stereocenters. The van der Waals surface area contributed by atoms with Gasteiger partial charge in [0.15, 0.2) is 0 Å². The molecule has 178 valence electrons. The van der Waals surface area contributed by atoms with Gasteiger partial charge in [-0.25, -0.2) is 9.59 Å². The second kappa shape index (κ2) is 11.3. The molecule has 0 bridgehead atoms. The fourth-order valence-corrected chi connectivity index (χ4v) is 3.39. The molecular weight excluding hydrogens is 466 g/mol. The van der Waals surface area contributed by atoms with E-state index in [1.165, 1.54) is 29.2 Å². The Morgan fingerprint density at radius 1 is 1.00 bits per heavy atom. The number of halogens is 1. The van der Waals surface area contributed by atoms with Gasteiger partial charge in [-0.3, -0.25) is 19.3 Å². The molecule has 2 aromatic carbocycles. The predicted molar refractivity (Wildman–Crippen MR) is 120 cm³/mol. The summed E-state index contributed by atoms with van der Waals surface area (Å²) in [4.78, 5) is 62.7. The molecule has 34 heavy (non-hydrogen) atoms. The van der Waals surface area contributed by atoms with E-state index < -0.39 is 35.3 Å². The molecule has 1 N–H and O–H groups in total. The molecule has 10 nitrogen and oxygen atoms in total. The minimum atomic E-state index is -1.29. The summed E-state index contributed by atoms with van der Waals surface area (Å²) < 4.78 is 10.1. The van der Waals surface area contributed by atoms with Gasteiger partial charge in [0.2, 0.25) is 5.24 Å². The Bertz CT molecular complexity index is 1080. The van der Waals surface area contributed by atoms with Crippen molar-refractivity contribution in [1.29, 1.82) is 0 Å². The van der Waals surface area contributed by atoms with Gasteiger partial charge in [0.25, 0.3) is 0 Å². The van der Waals surface area contributed by atoms with Gasteiger partial charge in [0, 0.05) is 19.6 Å². The zero-order chi connectivity index (χ0) is 24.7. The molecule has 1 fully saturated rings. The summed E-state index contributed by atoms with van der Waals surface area (Å²) in [5, 5.41) is 1.46. The molecular formula is C23H22ClN3O7. The molecule has 1 heterocycles. The van der Waals surface area contributed by atoms with Crippen LogP contribution in [-0.2, 0) is 25.7 Å². The number of rotatable bonds is 7. The molecule has 0 aliphatic carbocycles. The third kappa shape index (κ3) is 6.10. The average Bonchev–Trinajstić information content (AvgIpc) is 2.84. The van der Waals surface area contributed by atoms with Crippen molar-refractivity contribution in [3.05, 3.63) is 65.7 Å². The van der Waals surface area contributed by atoms with Crippen LogP contribution in [0.25, 0.3) is 0 Å². The van der Waals surface area contributed by atoms with Gasteiger partial charge in [0.05, 0.1) is 0 Å². The van der Waals surface area contributed by atoms with E-state index in [0.717, 1.165) is 10.5 Å². The number of hydrogen-bond acceptors (Lipinski definition) is 7. The quantitative estimate of drug-likeness (QED) is 0.275. The third-order valence-corrected chi connectivity index (χ3v) is 5.26. The Morgan fingerprint density at radius 2 is 1.68 bits per heavy atom. The van der Waals surface area contributed by atoms with Crippen molar-refractivity contribution in [3.63, 3.8) is 0 Å². The maximum Gasteiger partial charge on any atom is 0.514 e. The van der Waals surface area contributed by atoms with E-state index in [1.807, 2.05) is 18.2 Å². The normalized spacial score (nSPS) is 14.4. The van der Waals surface area contributed by atoms with Gasteiger partial charge in [-0.2, -0.15) is 0 Å². The van der Waals surface area contributed by atoms with Crippen molar-refractivity contribution in [2.45, 2.75) is 19.6 Å². The Labute approximate surface area is 200 Å². The van der Waals surface area contributed by atoms with Crippen LogP contribution in [0, 0.1) is 0 Å². The number of carbonyl (C=O) groups excluding carboxylic acids is 5. The van der Waals surface area contributed by atoms with Gasteiger partial charge in [-0.05, 0) is 41.8 Å². The number of imide groups is 1. The highest BCUT2D eigenvalue weighted by molar-refractivity contribution is 6.64. The number of ether oxygens (including phenoxy) is 2. The standard InChI is InChI=1S/C23H22ClN3O7/c1-2-26-12-13-27(21(30)20(26)29)22(31)25-18(19(24)28)16-8-10-17(11-9-16)34-23(32)33-14-15-6-4-3-5-7-15/h3-11,18H,2,12-14H2,1H3,(H,25,31). The van der Waals surface area contributed by atoms with E-state index in [4.69, 9.17) is 21.1 Å². The van der Waals surface area contributed by atoms with E-state index in [-0.39, 0.29) is 31.0 Å². The molecule has 0 aromatic heterocycles. The highest BCUT2D eigenvalue weighted by Crippen LogP contribution is 2.21. The lowest BCUT2D eigenvalue weighted by atomic mass is 10.1. The molecule has 11 heteroatoms. The van der Waals surface area contributed by atoms with E-state index in [1.54, 1.807) is 19.1 Å². The van der Waals surface area contributed by atoms with E-state index in [0.29, 0.717) is 6.54 Å². The summed E-state index contributed by atoms with van der Waals surface area (Å²) >= 11 is 5.66. The number of nitrogens with one attached hydrogen (secondary N) is 1. The summed E-state index contributed by atoms with van der Waals surface area (Å²) in [5.41, 5.74) is 1.08. The van der Waals surface area contributed by atoms with Gasteiger partial charge >= 0.3 is 24.0 Å². The number of urea groups is 1. The maximum absolute atomic E-state index is 12.6. The van der Waals surface area contributed by atoms with Crippen LogP contribution in [0.15, 0.2) is 54.6 Å². The van der Waals surface area contributed by atoms with Crippen molar-refractivity contribution in [3.8, 4) is 5.75 Å². The molecule has 2 aromatic rings. The van der Waals surface area contributed by atoms with Crippen molar-refractivity contribution in [2.24, 2.45) is 0 Å². The zero-order valence-electron chi connectivity index (χ0n) is 18.2. The van der Waals surface area contributed by atoms with Crippen LogP contribution in [-0.4, -0.2) is 58.7 Å². The number of hydrogen-bond donors (Lipinski definition) is 1. The van der Waals surface area contributed by atoms with E-state index >= 15 is 0 Å². The topological polar surface area (TPSA) is 122 Å². The first kappa shape index (κ1) is 24.7. The van der Waals surface area contributed by atoms with E-state index in [9.17, 15) is 24.0 Å². The molecule has 4 amide bonds. The zero-order valence-corrected chi connectivity index (χ0v) is 19.0. The largest absolute Gasteiger partial charge is 0.514 e. The number of benzene rings is 2. The molecule has 0 radical (unpaired) electrons. The summed E-state index contributed by atoms with van der Waals surface area (Å²) in [6, 6.07) is 12.5. The summed E-state index contributed by atoms with van der Waals surface area (Å²) in [6.07, 6.45) is -0.913. The summed E-state index contributed by atoms with van der Waals surface area (Å²) in [7, 11) is 0. The summed E-state index contributed by atoms with van der Waals surface area (Å²) in [5.74, 6) is -1.63. The number of nitrogens with zero attached hydrogens (tertiary/aromatic N) is 2. The molecule has 1 aliphatic heterocycles. The molecule has 0 saturated carbocycles. The lowest BCUT2D eigenvalue weighted by molar-refractivity contribution is -0.153. The van der Waals surface area contributed by atoms with Crippen LogP contribution >= 0.6 is 11.6 Å². The molecule has 1 aliphatic rings. The fourth-order valence-electron chi connectivity index (χ4n) is 3.21. The molecule has 1 saturated heterocycles. The van der Waals surface area contributed by atoms with Crippen molar-refractivity contribution in [2.75, 3.05) is 19.6 Å². The lowest BCUT2D eigenvalue weighted by Gasteiger charge is -2.32. The predicted octanol–water partition coefficient (Wildman–Crippen LogP) is 2.61. The van der Waals surface area contributed by atoms with Crippen LogP contribution in [0.3, 0.4) is 0 Å². The van der Waals surface area contributed by atoms with Gasteiger partial charge in [0.1, 0.15) is 18.4 Å². The van der Waals surface area contributed by atoms with Crippen LogP contribution in [0.4, 0.5) is 9.59 Å². The van der Waals surface area contributed by atoms with E-state index in [2.05, 4.69) is 5.32 Å². The van der Waals surface area contributed by atoms with Crippen LogP contribution in [0.2, 0.25) is 0 Å². The van der Waals surface area contributed by atoms with Crippen LogP contribution in [0.5, 0.6) is 5.75 Å². The first-order valence-corrected chi connectivity index (χ1v) is 10.8. The number of carbonyl (C=O) groups is 5.